The maximum atomic E-state index is 10.7. The van der Waals surface area contributed by atoms with Gasteiger partial charge in [-0.15, -0.1) is 11.3 Å². The standard InChI is InChI=1S/C13H16N2O3S/c1-8(11-3-4-12(18-11)13(16)17)14-6-5-10-7-19-9(2)15-10/h3-4,7-8,14H,5-6H2,1-2H3,(H,16,17). The number of carboxylic acids is 1. The van der Waals surface area contributed by atoms with Crippen LogP contribution in [-0.2, 0) is 6.42 Å². The molecule has 102 valence electrons. The fourth-order valence-corrected chi connectivity index (χ4v) is 2.39. The van der Waals surface area contributed by atoms with Crippen LogP contribution in [-0.4, -0.2) is 22.6 Å². The van der Waals surface area contributed by atoms with Crippen molar-refractivity contribution in [1.29, 1.82) is 0 Å². The quantitative estimate of drug-likeness (QED) is 0.850. The molecule has 1 unspecified atom stereocenters. The number of aromatic nitrogens is 1. The van der Waals surface area contributed by atoms with E-state index in [1.807, 2.05) is 13.8 Å². The van der Waals surface area contributed by atoms with Crippen LogP contribution in [0.2, 0.25) is 0 Å². The maximum absolute atomic E-state index is 10.7. The van der Waals surface area contributed by atoms with Crippen molar-refractivity contribution in [2.24, 2.45) is 0 Å². The van der Waals surface area contributed by atoms with Crippen LogP contribution < -0.4 is 5.32 Å². The van der Waals surface area contributed by atoms with Gasteiger partial charge in [-0.05, 0) is 26.0 Å². The first-order chi connectivity index (χ1) is 9.06. The molecule has 0 radical (unpaired) electrons. The monoisotopic (exact) mass is 280 g/mol. The SMILES string of the molecule is Cc1nc(CCNC(C)c2ccc(C(=O)O)o2)cs1. The molecule has 2 rings (SSSR count). The molecule has 2 heterocycles. The molecule has 0 aliphatic heterocycles. The third kappa shape index (κ3) is 3.65. The minimum absolute atomic E-state index is 0.0205. The number of thiazole rings is 1. The Morgan fingerprint density at radius 1 is 1.58 bits per heavy atom. The molecular weight excluding hydrogens is 264 g/mol. The van der Waals surface area contributed by atoms with E-state index in [1.165, 1.54) is 6.07 Å². The summed E-state index contributed by atoms with van der Waals surface area (Å²) in [7, 11) is 0. The number of rotatable bonds is 6. The predicted molar refractivity (Wildman–Crippen MR) is 72.6 cm³/mol. The first-order valence-corrected chi connectivity index (χ1v) is 6.91. The predicted octanol–water partition coefficient (Wildman–Crippen LogP) is 2.64. The number of furan rings is 1. The van der Waals surface area contributed by atoms with Gasteiger partial charge >= 0.3 is 5.97 Å². The molecular formula is C13H16N2O3S. The summed E-state index contributed by atoms with van der Waals surface area (Å²) in [5, 5.41) is 15.2. The Balaban J connectivity index is 1.83. The van der Waals surface area contributed by atoms with Crippen molar-refractivity contribution in [3.63, 3.8) is 0 Å². The number of hydrogen-bond acceptors (Lipinski definition) is 5. The Bertz CT molecular complexity index is 562. The van der Waals surface area contributed by atoms with Crippen molar-refractivity contribution >= 4 is 17.3 Å². The second-order valence-electron chi connectivity index (χ2n) is 4.29. The van der Waals surface area contributed by atoms with E-state index < -0.39 is 5.97 Å². The van der Waals surface area contributed by atoms with Crippen LogP contribution in [0.5, 0.6) is 0 Å². The smallest absolute Gasteiger partial charge is 0.371 e. The molecule has 0 bridgehead atoms. The lowest BCUT2D eigenvalue weighted by molar-refractivity contribution is 0.0659. The number of hydrogen-bond donors (Lipinski definition) is 2. The Morgan fingerprint density at radius 3 is 2.95 bits per heavy atom. The van der Waals surface area contributed by atoms with E-state index >= 15 is 0 Å². The molecule has 0 aliphatic rings. The van der Waals surface area contributed by atoms with E-state index in [4.69, 9.17) is 9.52 Å². The van der Waals surface area contributed by atoms with Gasteiger partial charge in [-0.2, -0.15) is 0 Å². The van der Waals surface area contributed by atoms with Gasteiger partial charge in [0, 0.05) is 18.3 Å². The highest BCUT2D eigenvalue weighted by atomic mass is 32.1. The van der Waals surface area contributed by atoms with E-state index in [0.29, 0.717) is 5.76 Å². The lowest BCUT2D eigenvalue weighted by atomic mass is 10.2. The van der Waals surface area contributed by atoms with Gasteiger partial charge in [0.15, 0.2) is 0 Å². The topological polar surface area (TPSA) is 75.4 Å². The number of aromatic carboxylic acids is 1. The lowest BCUT2D eigenvalue weighted by Gasteiger charge is -2.10. The van der Waals surface area contributed by atoms with E-state index in [9.17, 15) is 4.79 Å². The third-order valence-corrected chi connectivity index (χ3v) is 3.58. The third-order valence-electron chi connectivity index (χ3n) is 2.76. The van der Waals surface area contributed by atoms with Gasteiger partial charge in [0.25, 0.3) is 0 Å². The van der Waals surface area contributed by atoms with Crippen LogP contribution in [0.3, 0.4) is 0 Å². The second kappa shape index (κ2) is 5.99. The minimum Gasteiger partial charge on any atom is -0.475 e. The van der Waals surface area contributed by atoms with E-state index in [0.717, 1.165) is 23.7 Å². The van der Waals surface area contributed by atoms with E-state index in [1.54, 1.807) is 17.4 Å². The Hall–Kier alpha value is -1.66. The lowest BCUT2D eigenvalue weighted by Crippen LogP contribution is -2.21. The minimum atomic E-state index is -1.05. The van der Waals surface area contributed by atoms with Crippen molar-refractivity contribution in [3.8, 4) is 0 Å². The van der Waals surface area contributed by atoms with Crippen LogP contribution >= 0.6 is 11.3 Å². The summed E-state index contributed by atoms with van der Waals surface area (Å²) >= 11 is 1.64. The number of carbonyl (C=O) groups is 1. The fraction of sp³-hybridized carbons (Fsp3) is 0.385. The van der Waals surface area contributed by atoms with Crippen molar-refractivity contribution in [2.75, 3.05) is 6.54 Å². The molecule has 0 spiro atoms. The van der Waals surface area contributed by atoms with Crippen LogP contribution in [0.1, 0.15) is 40.0 Å². The number of nitrogens with one attached hydrogen (secondary N) is 1. The fourth-order valence-electron chi connectivity index (χ4n) is 1.74. The molecule has 0 aliphatic carbocycles. The number of carboxylic acid groups (broad SMARTS) is 1. The highest BCUT2D eigenvalue weighted by Crippen LogP contribution is 2.16. The number of aryl methyl sites for hydroxylation is 1. The normalized spacial score (nSPS) is 12.5. The molecule has 6 heteroatoms. The van der Waals surface area contributed by atoms with Gasteiger partial charge in [0.05, 0.1) is 16.7 Å². The Morgan fingerprint density at radius 2 is 2.37 bits per heavy atom. The molecule has 0 amide bonds. The number of nitrogens with zero attached hydrogens (tertiary/aromatic N) is 1. The molecule has 1 atom stereocenters. The molecule has 0 saturated carbocycles. The molecule has 0 fully saturated rings. The van der Waals surface area contributed by atoms with Gasteiger partial charge in [0.1, 0.15) is 5.76 Å². The van der Waals surface area contributed by atoms with Gasteiger partial charge < -0.3 is 14.8 Å². The van der Waals surface area contributed by atoms with Crippen molar-refractivity contribution < 1.29 is 14.3 Å². The van der Waals surface area contributed by atoms with Crippen LogP contribution in [0.25, 0.3) is 0 Å². The summed E-state index contributed by atoms with van der Waals surface area (Å²) in [4.78, 5) is 15.1. The summed E-state index contributed by atoms with van der Waals surface area (Å²) in [6.07, 6.45) is 0.848. The zero-order valence-corrected chi connectivity index (χ0v) is 11.7. The summed E-state index contributed by atoms with van der Waals surface area (Å²) in [5.41, 5.74) is 1.08. The highest BCUT2D eigenvalue weighted by Gasteiger charge is 2.13. The van der Waals surface area contributed by atoms with Gasteiger partial charge in [-0.1, -0.05) is 0 Å². The second-order valence-corrected chi connectivity index (χ2v) is 5.35. The summed E-state index contributed by atoms with van der Waals surface area (Å²) < 4.78 is 5.24. The molecule has 5 nitrogen and oxygen atoms in total. The van der Waals surface area contributed by atoms with Crippen molar-refractivity contribution in [3.05, 3.63) is 39.7 Å². The van der Waals surface area contributed by atoms with Gasteiger partial charge in [0.2, 0.25) is 5.76 Å². The highest BCUT2D eigenvalue weighted by molar-refractivity contribution is 7.09. The van der Waals surface area contributed by atoms with Crippen LogP contribution in [0, 0.1) is 6.92 Å². The van der Waals surface area contributed by atoms with E-state index in [2.05, 4.69) is 15.7 Å². The van der Waals surface area contributed by atoms with Crippen molar-refractivity contribution in [2.45, 2.75) is 26.3 Å². The van der Waals surface area contributed by atoms with Gasteiger partial charge in [-0.3, -0.25) is 0 Å². The Kier molecular flexibility index (Phi) is 4.34. The summed E-state index contributed by atoms with van der Waals surface area (Å²) in [6.45, 7) is 4.70. The average molecular weight is 280 g/mol. The van der Waals surface area contributed by atoms with Gasteiger partial charge in [-0.25, -0.2) is 9.78 Å². The molecule has 2 aromatic heterocycles. The van der Waals surface area contributed by atoms with Crippen LogP contribution in [0.4, 0.5) is 0 Å². The summed E-state index contributed by atoms with van der Waals surface area (Å²) in [6, 6.07) is 3.14. The van der Waals surface area contributed by atoms with E-state index in [-0.39, 0.29) is 11.8 Å². The maximum Gasteiger partial charge on any atom is 0.371 e. The van der Waals surface area contributed by atoms with Crippen molar-refractivity contribution in [1.82, 2.24) is 10.3 Å². The Labute approximate surface area is 115 Å². The first kappa shape index (κ1) is 13.8. The zero-order chi connectivity index (χ0) is 13.8. The van der Waals surface area contributed by atoms with Crippen LogP contribution in [0.15, 0.2) is 21.9 Å². The average Bonchev–Trinajstić information content (AvgIpc) is 2.98. The molecule has 2 aromatic rings. The molecule has 2 N–H and O–H groups in total. The molecule has 0 saturated heterocycles. The molecule has 19 heavy (non-hydrogen) atoms. The largest absolute Gasteiger partial charge is 0.475 e. The molecule has 0 aromatic carbocycles. The summed E-state index contributed by atoms with van der Waals surface area (Å²) in [5.74, 6) is -0.443. The first-order valence-electron chi connectivity index (χ1n) is 6.03. The zero-order valence-electron chi connectivity index (χ0n) is 10.8.